The summed E-state index contributed by atoms with van der Waals surface area (Å²) < 4.78 is 119. The lowest BCUT2D eigenvalue weighted by Crippen LogP contribution is -2.19. The van der Waals surface area contributed by atoms with Crippen LogP contribution in [0, 0.1) is 6.92 Å². The Morgan fingerprint density at radius 1 is 0.914 bits per heavy atom. The Balaban J connectivity index is 1.99. The van der Waals surface area contributed by atoms with Gasteiger partial charge in [0.05, 0.1) is 23.2 Å². The van der Waals surface area contributed by atoms with Gasteiger partial charge < -0.3 is 11.1 Å². The number of nitrogens with one attached hydrogen (secondary N) is 1. The van der Waals surface area contributed by atoms with Crippen LogP contribution in [0.4, 0.5) is 50.9 Å². The number of carbonyl (C=O) groups is 1. The van der Waals surface area contributed by atoms with Gasteiger partial charge in [-0.3, -0.25) is 9.48 Å². The molecular formula is C21H15F9N4O. The molecule has 3 aromatic rings. The van der Waals surface area contributed by atoms with Crippen LogP contribution in [0.25, 0.3) is 0 Å². The van der Waals surface area contributed by atoms with E-state index in [9.17, 15) is 44.3 Å². The van der Waals surface area contributed by atoms with Gasteiger partial charge in [-0.15, -0.1) is 0 Å². The average molecular weight is 510 g/mol. The van der Waals surface area contributed by atoms with Gasteiger partial charge in [0, 0.05) is 17.6 Å². The summed E-state index contributed by atoms with van der Waals surface area (Å²) >= 11 is 0. The highest BCUT2D eigenvalue weighted by molar-refractivity contribution is 6.05. The van der Waals surface area contributed by atoms with E-state index in [2.05, 4.69) is 5.10 Å². The Labute approximate surface area is 191 Å². The molecule has 3 N–H and O–H groups in total. The normalized spacial score (nSPS) is 12.6. The third-order valence-electron chi connectivity index (χ3n) is 4.80. The number of nitrogens with zero attached hydrogens (tertiary/aromatic N) is 2. The summed E-state index contributed by atoms with van der Waals surface area (Å²) in [4.78, 5) is 12.5. The quantitative estimate of drug-likeness (QED) is 0.328. The minimum Gasteiger partial charge on any atom is -0.399 e. The highest BCUT2D eigenvalue weighted by Crippen LogP contribution is 2.38. The van der Waals surface area contributed by atoms with E-state index in [1.54, 1.807) is 18.3 Å². The standard InChI is InChI=1S/C21H15F9N4O/c1-10-4-11(2-3-16(10)31)8-34-9-15(17(33-34)21(28,29)30)18(35)32-14-6-12(19(22,23)24)5-13(7-14)20(25,26)27/h2-7,9H,8,31H2,1H3,(H,32,35). The van der Waals surface area contributed by atoms with Gasteiger partial charge in [-0.2, -0.15) is 44.6 Å². The molecule has 0 bridgehead atoms. The van der Waals surface area contributed by atoms with Crippen molar-refractivity contribution >= 4 is 17.3 Å². The molecular weight excluding hydrogens is 495 g/mol. The lowest BCUT2D eigenvalue weighted by molar-refractivity contribution is -0.143. The number of anilines is 2. The number of alkyl halides is 9. The lowest BCUT2D eigenvalue weighted by Gasteiger charge is -2.15. The number of aromatic nitrogens is 2. The van der Waals surface area contributed by atoms with E-state index in [0.717, 1.165) is 4.68 Å². The minimum absolute atomic E-state index is 0.177. The van der Waals surface area contributed by atoms with Gasteiger partial charge in [-0.05, 0) is 42.3 Å². The van der Waals surface area contributed by atoms with E-state index in [1.807, 2.05) is 0 Å². The minimum atomic E-state index is -5.21. The Morgan fingerprint density at radius 3 is 1.97 bits per heavy atom. The summed E-state index contributed by atoms with van der Waals surface area (Å²) in [5.74, 6) is -1.59. The van der Waals surface area contributed by atoms with Crippen LogP contribution in [0.2, 0.25) is 0 Å². The zero-order valence-corrected chi connectivity index (χ0v) is 17.5. The van der Waals surface area contributed by atoms with E-state index in [0.29, 0.717) is 23.0 Å². The van der Waals surface area contributed by atoms with Crippen LogP contribution in [0.15, 0.2) is 42.6 Å². The van der Waals surface area contributed by atoms with Gasteiger partial charge in [0.15, 0.2) is 5.69 Å². The number of hydrogen-bond acceptors (Lipinski definition) is 3. The first-order valence-corrected chi connectivity index (χ1v) is 9.55. The number of nitrogen functional groups attached to an aromatic ring is 1. The van der Waals surface area contributed by atoms with Crippen LogP contribution < -0.4 is 11.1 Å². The number of nitrogens with two attached hydrogens (primary N) is 1. The molecule has 0 aliphatic carbocycles. The molecule has 14 heteroatoms. The molecule has 1 aromatic heterocycles. The van der Waals surface area contributed by atoms with Gasteiger partial charge in [0.2, 0.25) is 0 Å². The van der Waals surface area contributed by atoms with Crippen LogP contribution in [-0.2, 0) is 25.1 Å². The number of benzene rings is 2. The molecule has 5 nitrogen and oxygen atoms in total. The van der Waals surface area contributed by atoms with E-state index < -0.39 is 52.5 Å². The second-order valence-corrected chi connectivity index (χ2v) is 7.53. The fourth-order valence-electron chi connectivity index (χ4n) is 3.13. The van der Waals surface area contributed by atoms with Crippen LogP contribution in [-0.4, -0.2) is 15.7 Å². The Kier molecular flexibility index (Phi) is 6.53. The van der Waals surface area contributed by atoms with Gasteiger partial charge in [0.25, 0.3) is 5.91 Å². The molecule has 0 aliphatic rings. The first-order chi connectivity index (χ1) is 15.9. The van der Waals surface area contributed by atoms with E-state index >= 15 is 0 Å². The van der Waals surface area contributed by atoms with Gasteiger partial charge >= 0.3 is 18.5 Å². The summed E-state index contributed by atoms with van der Waals surface area (Å²) in [6, 6.07) is 4.79. The molecule has 0 radical (unpaired) electrons. The monoisotopic (exact) mass is 510 g/mol. The number of aryl methyl sites for hydroxylation is 1. The van der Waals surface area contributed by atoms with E-state index in [-0.39, 0.29) is 24.7 Å². The highest BCUT2D eigenvalue weighted by atomic mass is 19.4. The SMILES string of the molecule is Cc1cc(Cn2cc(C(=O)Nc3cc(C(F)(F)F)cc(C(F)(F)F)c3)c(C(F)(F)F)n2)ccc1N. The van der Waals surface area contributed by atoms with Gasteiger partial charge in [0.1, 0.15) is 0 Å². The molecule has 35 heavy (non-hydrogen) atoms. The Bertz CT molecular complexity index is 1220. The summed E-state index contributed by atoms with van der Waals surface area (Å²) in [6.07, 6.45) is -14.9. The largest absolute Gasteiger partial charge is 0.435 e. The zero-order valence-electron chi connectivity index (χ0n) is 17.5. The van der Waals surface area contributed by atoms with Crippen LogP contribution in [0.1, 0.15) is 38.3 Å². The molecule has 3 rings (SSSR count). The zero-order chi connectivity index (χ0) is 26.3. The maximum atomic E-state index is 13.5. The van der Waals surface area contributed by atoms with Crippen LogP contribution in [0.3, 0.4) is 0 Å². The molecule has 188 valence electrons. The Morgan fingerprint density at radius 2 is 1.49 bits per heavy atom. The summed E-state index contributed by atoms with van der Waals surface area (Å²) in [5.41, 5.74) is 0.00989. The Hall–Kier alpha value is -3.71. The number of hydrogen-bond donors (Lipinski definition) is 2. The van der Waals surface area contributed by atoms with E-state index in [1.165, 1.54) is 12.1 Å². The highest BCUT2D eigenvalue weighted by Gasteiger charge is 2.40. The predicted molar refractivity (Wildman–Crippen MR) is 106 cm³/mol. The van der Waals surface area contributed by atoms with Crippen LogP contribution in [0.5, 0.6) is 0 Å². The number of halogens is 9. The lowest BCUT2D eigenvalue weighted by atomic mass is 10.1. The smallest absolute Gasteiger partial charge is 0.399 e. The molecule has 0 unspecified atom stereocenters. The van der Waals surface area contributed by atoms with Crippen molar-refractivity contribution in [2.45, 2.75) is 32.0 Å². The molecule has 0 saturated heterocycles. The van der Waals surface area contributed by atoms with Crippen molar-refractivity contribution in [1.82, 2.24) is 9.78 Å². The third-order valence-corrected chi connectivity index (χ3v) is 4.80. The summed E-state index contributed by atoms with van der Waals surface area (Å²) in [5, 5.41) is 5.03. The summed E-state index contributed by atoms with van der Waals surface area (Å²) in [6.45, 7) is 1.44. The second-order valence-electron chi connectivity index (χ2n) is 7.53. The van der Waals surface area contributed by atoms with Crippen molar-refractivity contribution in [2.24, 2.45) is 0 Å². The predicted octanol–water partition coefficient (Wildman–Crippen LogP) is 6.13. The van der Waals surface area contributed by atoms with Crippen molar-refractivity contribution in [2.75, 3.05) is 11.1 Å². The maximum Gasteiger partial charge on any atom is 0.435 e. The number of rotatable bonds is 4. The third kappa shape index (κ3) is 6.05. The van der Waals surface area contributed by atoms with Gasteiger partial charge in [-0.25, -0.2) is 0 Å². The molecule has 0 aliphatic heterocycles. The van der Waals surface area contributed by atoms with Crippen LogP contribution >= 0.6 is 0 Å². The molecule has 0 fully saturated rings. The van der Waals surface area contributed by atoms with Crippen molar-refractivity contribution in [3.05, 3.63) is 76.1 Å². The van der Waals surface area contributed by atoms with Crippen molar-refractivity contribution in [3.63, 3.8) is 0 Å². The molecule has 0 atom stereocenters. The van der Waals surface area contributed by atoms with Gasteiger partial charge in [-0.1, -0.05) is 12.1 Å². The first kappa shape index (κ1) is 25.9. The number of amides is 1. The second kappa shape index (κ2) is 8.82. The topological polar surface area (TPSA) is 72.9 Å². The average Bonchev–Trinajstić information content (AvgIpc) is 3.14. The van der Waals surface area contributed by atoms with E-state index in [4.69, 9.17) is 5.73 Å². The molecule has 0 saturated carbocycles. The van der Waals surface area contributed by atoms with Crippen molar-refractivity contribution in [3.8, 4) is 0 Å². The van der Waals surface area contributed by atoms with Crippen molar-refractivity contribution in [1.29, 1.82) is 0 Å². The molecule has 1 amide bonds. The fourth-order valence-corrected chi connectivity index (χ4v) is 3.13. The first-order valence-electron chi connectivity index (χ1n) is 9.55. The molecule has 2 aromatic carbocycles. The molecule has 1 heterocycles. The molecule has 0 spiro atoms. The van der Waals surface area contributed by atoms with Crippen molar-refractivity contribution < 1.29 is 44.3 Å². The summed E-state index contributed by atoms with van der Waals surface area (Å²) in [7, 11) is 0. The fraction of sp³-hybridized carbons (Fsp3) is 0.238. The maximum absolute atomic E-state index is 13.5. The number of carbonyl (C=O) groups excluding carboxylic acids is 1.